The molecule has 1 heterocycles. The van der Waals surface area contributed by atoms with E-state index in [1.165, 1.54) is 21.3 Å². The van der Waals surface area contributed by atoms with Gasteiger partial charge in [-0.25, -0.2) is 0 Å². The zero-order valence-corrected chi connectivity index (χ0v) is 21.3. The third kappa shape index (κ3) is 6.22. The topological polar surface area (TPSA) is 80.3 Å². The summed E-state index contributed by atoms with van der Waals surface area (Å²) in [5, 5.41) is 2.91. The van der Waals surface area contributed by atoms with Crippen LogP contribution in [0.25, 0.3) is 6.08 Å². The van der Waals surface area contributed by atoms with Gasteiger partial charge in [0.15, 0.2) is 11.5 Å². The minimum Gasteiger partial charge on any atom is -0.493 e. The Labute approximate surface area is 217 Å². The van der Waals surface area contributed by atoms with Gasteiger partial charge in [-0.3, -0.25) is 9.59 Å². The van der Waals surface area contributed by atoms with Crippen molar-refractivity contribution in [3.63, 3.8) is 0 Å². The lowest BCUT2D eigenvalue weighted by Crippen LogP contribution is -2.48. The molecule has 1 saturated heterocycles. The van der Waals surface area contributed by atoms with Crippen molar-refractivity contribution in [3.05, 3.63) is 83.9 Å². The Morgan fingerprint density at radius 3 is 2.00 bits per heavy atom. The molecule has 0 spiro atoms. The van der Waals surface area contributed by atoms with E-state index in [0.717, 1.165) is 24.3 Å². The number of benzene rings is 3. The summed E-state index contributed by atoms with van der Waals surface area (Å²) < 4.78 is 16.0. The maximum Gasteiger partial charge on any atom is 0.255 e. The van der Waals surface area contributed by atoms with Crippen LogP contribution in [0.5, 0.6) is 17.2 Å². The summed E-state index contributed by atoms with van der Waals surface area (Å²) in [6, 6.07) is 20.7. The number of hydrogen-bond donors (Lipinski definition) is 1. The molecule has 4 rings (SSSR count). The van der Waals surface area contributed by atoms with Gasteiger partial charge in [-0.05, 0) is 48.0 Å². The normalized spacial score (nSPS) is 13.4. The molecule has 8 heteroatoms. The average Bonchev–Trinajstić information content (AvgIpc) is 2.96. The molecule has 8 nitrogen and oxygen atoms in total. The molecule has 0 unspecified atom stereocenters. The van der Waals surface area contributed by atoms with Crippen LogP contribution < -0.4 is 24.4 Å². The summed E-state index contributed by atoms with van der Waals surface area (Å²) in [6.45, 7) is 2.78. The van der Waals surface area contributed by atoms with Crippen LogP contribution >= 0.6 is 0 Å². The van der Waals surface area contributed by atoms with E-state index in [2.05, 4.69) is 10.2 Å². The van der Waals surface area contributed by atoms with Crippen LogP contribution in [-0.4, -0.2) is 64.2 Å². The SMILES string of the molecule is COc1cc(C(=O)Nc2ccc(N3CCN(C(=O)/C=C/c4ccccc4)CC3)cc2)cc(OC)c1OC. The van der Waals surface area contributed by atoms with Crippen molar-refractivity contribution < 1.29 is 23.8 Å². The summed E-state index contributed by atoms with van der Waals surface area (Å²) in [5.41, 5.74) is 3.10. The smallest absolute Gasteiger partial charge is 0.255 e. The van der Waals surface area contributed by atoms with E-state index in [0.29, 0.717) is 41.6 Å². The zero-order chi connectivity index (χ0) is 26.2. The third-order valence-corrected chi connectivity index (χ3v) is 6.23. The Balaban J connectivity index is 1.33. The molecular formula is C29H31N3O5. The van der Waals surface area contributed by atoms with Crippen LogP contribution in [0.15, 0.2) is 72.8 Å². The molecule has 3 aromatic carbocycles. The Kier molecular flexibility index (Phi) is 8.30. The van der Waals surface area contributed by atoms with Gasteiger partial charge in [0.05, 0.1) is 21.3 Å². The van der Waals surface area contributed by atoms with Crippen molar-refractivity contribution in [3.8, 4) is 17.2 Å². The molecule has 1 aliphatic rings. The fourth-order valence-electron chi connectivity index (χ4n) is 4.19. The number of hydrogen-bond acceptors (Lipinski definition) is 6. The van der Waals surface area contributed by atoms with Gasteiger partial charge in [-0.1, -0.05) is 30.3 Å². The highest BCUT2D eigenvalue weighted by molar-refractivity contribution is 6.05. The van der Waals surface area contributed by atoms with Crippen LogP contribution in [0.1, 0.15) is 15.9 Å². The van der Waals surface area contributed by atoms with E-state index < -0.39 is 0 Å². The monoisotopic (exact) mass is 501 g/mol. The van der Waals surface area contributed by atoms with Gasteiger partial charge in [0.25, 0.3) is 5.91 Å². The number of nitrogens with zero attached hydrogens (tertiary/aromatic N) is 2. The standard InChI is InChI=1S/C29H31N3O5/c1-35-25-19-22(20-26(36-2)28(25)37-3)29(34)30-23-10-12-24(13-11-23)31-15-17-32(18-16-31)27(33)14-9-21-7-5-4-6-8-21/h4-14,19-20H,15-18H2,1-3H3,(H,30,34)/b14-9+. The number of piperazine rings is 1. The second-order valence-electron chi connectivity index (χ2n) is 8.47. The molecule has 1 fully saturated rings. The third-order valence-electron chi connectivity index (χ3n) is 6.23. The lowest BCUT2D eigenvalue weighted by Gasteiger charge is -2.35. The fourth-order valence-corrected chi connectivity index (χ4v) is 4.19. The number of carbonyl (C=O) groups is 2. The second kappa shape index (κ2) is 12.0. The lowest BCUT2D eigenvalue weighted by molar-refractivity contribution is -0.126. The summed E-state index contributed by atoms with van der Waals surface area (Å²) in [4.78, 5) is 29.5. The highest BCUT2D eigenvalue weighted by Gasteiger charge is 2.20. The van der Waals surface area contributed by atoms with Gasteiger partial charge in [0.1, 0.15) is 0 Å². The van der Waals surface area contributed by atoms with E-state index in [1.807, 2.05) is 65.6 Å². The molecule has 0 saturated carbocycles. The molecule has 0 radical (unpaired) electrons. The molecule has 0 atom stereocenters. The van der Waals surface area contributed by atoms with Gasteiger partial charge in [-0.15, -0.1) is 0 Å². The van der Waals surface area contributed by atoms with Gasteiger partial charge in [0, 0.05) is 49.2 Å². The van der Waals surface area contributed by atoms with Crippen LogP contribution in [0.3, 0.4) is 0 Å². The molecule has 2 amide bonds. The molecular weight excluding hydrogens is 470 g/mol. The van der Waals surface area contributed by atoms with E-state index in [4.69, 9.17) is 14.2 Å². The molecule has 0 aliphatic carbocycles. The Hall–Kier alpha value is -4.46. The highest BCUT2D eigenvalue weighted by atomic mass is 16.5. The molecule has 192 valence electrons. The summed E-state index contributed by atoms with van der Waals surface area (Å²) >= 11 is 0. The average molecular weight is 502 g/mol. The van der Waals surface area contributed by atoms with Gasteiger partial charge in [-0.2, -0.15) is 0 Å². The quantitative estimate of drug-likeness (QED) is 0.463. The second-order valence-corrected chi connectivity index (χ2v) is 8.47. The van der Waals surface area contributed by atoms with Crippen molar-refractivity contribution in [1.82, 2.24) is 4.90 Å². The molecule has 37 heavy (non-hydrogen) atoms. The summed E-state index contributed by atoms with van der Waals surface area (Å²) in [7, 11) is 4.53. The van der Waals surface area contributed by atoms with Crippen LogP contribution in [0.4, 0.5) is 11.4 Å². The predicted molar refractivity (Wildman–Crippen MR) is 145 cm³/mol. The number of carbonyl (C=O) groups excluding carboxylic acids is 2. The number of ether oxygens (including phenoxy) is 3. The first-order valence-corrected chi connectivity index (χ1v) is 12.0. The first-order chi connectivity index (χ1) is 18.0. The van der Waals surface area contributed by atoms with Crippen molar-refractivity contribution in [2.24, 2.45) is 0 Å². The molecule has 1 N–H and O–H groups in total. The number of anilines is 2. The van der Waals surface area contributed by atoms with Gasteiger partial charge < -0.3 is 29.3 Å². The van der Waals surface area contributed by atoms with Gasteiger partial charge >= 0.3 is 0 Å². The molecule has 3 aromatic rings. The van der Waals surface area contributed by atoms with E-state index in [1.54, 1.807) is 18.2 Å². The van der Waals surface area contributed by atoms with Crippen LogP contribution in [0, 0.1) is 0 Å². The van der Waals surface area contributed by atoms with Gasteiger partial charge in [0.2, 0.25) is 11.7 Å². The summed E-state index contributed by atoms with van der Waals surface area (Å²) in [6.07, 6.45) is 3.48. The molecule has 1 aliphatic heterocycles. The van der Waals surface area contributed by atoms with Crippen molar-refractivity contribution in [2.45, 2.75) is 0 Å². The summed E-state index contributed by atoms with van der Waals surface area (Å²) in [5.74, 6) is 0.988. The number of nitrogens with one attached hydrogen (secondary N) is 1. The van der Waals surface area contributed by atoms with Crippen molar-refractivity contribution in [1.29, 1.82) is 0 Å². The number of amides is 2. The Bertz CT molecular complexity index is 1230. The minimum absolute atomic E-state index is 0.0216. The zero-order valence-electron chi connectivity index (χ0n) is 21.3. The number of rotatable bonds is 8. The van der Waals surface area contributed by atoms with Crippen LogP contribution in [-0.2, 0) is 4.79 Å². The Morgan fingerprint density at radius 2 is 1.43 bits per heavy atom. The van der Waals surface area contributed by atoms with E-state index in [9.17, 15) is 9.59 Å². The molecule has 0 bridgehead atoms. The number of methoxy groups -OCH3 is 3. The minimum atomic E-state index is -0.289. The highest BCUT2D eigenvalue weighted by Crippen LogP contribution is 2.38. The Morgan fingerprint density at radius 1 is 0.811 bits per heavy atom. The predicted octanol–water partition coefficient (Wildman–Crippen LogP) is 4.33. The first kappa shape index (κ1) is 25.6. The lowest BCUT2D eigenvalue weighted by atomic mass is 10.1. The largest absolute Gasteiger partial charge is 0.493 e. The van der Waals surface area contributed by atoms with E-state index >= 15 is 0 Å². The maximum absolute atomic E-state index is 12.9. The van der Waals surface area contributed by atoms with Crippen LogP contribution in [0.2, 0.25) is 0 Å². The van der Waals surface area contributed by atoms with Crippen molar-refractivity contribution in [2.75, 3.05) is 57.7 Å². The fraction of sp³-hybridized carbons (Fsp3) is 0.241. The maximum atomic E-state index is 12.9. The first-order valence-electron chi connectivity index (χ1n) is 12.0. The molecule has 0 aromatic heterocycles. The van der Waals surface area contributed by atoms with E-state index in [-0.39, 0.29) is 11.8 Å². The van der Waals surface area contributed by atoms with Crippen molar-refractivity contribution >= 4 is 29.3 Å².